The summed E-state index contributed by atoms with van der Waals surface area (Å²) in [7, 11) is 0.789. The Hall–Kier alpha value is -2.15. The molecule has 0 bridgehead atoms. The molecule has 0 radical (unpaired) electrons. The van der Waals surface area contributed by atoms with Crippen LogP contribution in [0.4, 0.5) is 13.2 Å². The number of allylic oxidation sites excluding steroid dienone is 1. The molecule has 118 valence electrons. The van der Waals surface area contributed by atoms with E-state index < -0.39 is 23.9 Å². The number of rotatable bonds is 4. The Balaban J connectivity index is 2.38. The van der Waals surface area contributed by atoms with E-state index in [1.165, 1.54) is 30.4 Å². The van der Waals surface area contributed by atoms with Crippen molar-refractivity contribution in [3.05, 3.63) is 48.0 Å². The topological polar surface area (TPSA) is 52.6 Å². The largest absolute Gasteiger partial charge is 0.455 e. The zero-order valence-electron chi connectivity index (χ0n) is 11.6. The van der Waals surface area contributed by atoms with Crippen LogP contribution in [0.5, 0.6) is 0 Å². The summed E-state index contributed by atoms with van der Waals surface area (Å²) in [6.07, 6.45) is -3.78. The zero-order valence-corrected chi connectivity index (χ0v) is 11.6. The number of halogens is 3. The second kappa shape index (κ2) is 5.92. The minimum absolute atomic E-state index is 0.168. The average molecular weight is 314 g/mol. The molecule has 1 aliphatic carbocycles. The third kappa shape index (κ3) is 2.76. The van der Waals surface area contributed by atoms with Crippen molar-refractivity contribution in [3.8, 4) is 0 Å². The Morgan fingerprint density at radius 1 is 1.23 bits per heavy atom. The van der Waals surface area contributed by atoms with Gasteiger partial charge in [-0.15, -0.1) is 0 Å². The quantitative estimate of drug-likeness (QED) is 0.802. The van der Waals surface area contributed by atoms with Gasteiger partial charge in [-0.2, -0.15) is 13.2 Å². The highest BCUT2D eigenvalue weighted by Crippen LogP contribution is 2.43. The second-order valence-electron chi connectivity index (χ2n) is 4.72. The molecule has 0 fully saturated rings. The summed E-state index contributed by atoms with van der Waals surface area (Å²) in [5, 5.41) is 0. The Kier molecular flexibility index (Phi) is 4.37. The van der Waals surface area contributed by atoms with Crippen molar-refractivity contribution >= 4 is 11.8 Å². The van der Waals surface area contributed by atoms with Gasteiger partial charge >= 0.3 is 12.1 Å². The van der Waals surface area contributed by atoms with Gasteiger partial charge in [0, 0.05) is 12.7 Å². The fourth-order valence-corrected chi connectivity index (χ4v) is 2.24. The molecule has 7 heteroatoms. The van der Waals surface area contributed by atoms with Crippen LogP contribution in [0.3, 0.4) is 0 Å². The summed E-state index contributed by atoms with van der Waals surface area (Å²) < 4.78 is 50.1. The molecule has 2 atom stereocenters. The van der Waals surface area contributed by atoms with Gasteiger partial charge in [-0.3, -0.25) is 4.79 Å². The van der Waals surface area contributed by atoms with E-state index in [-0.39, 0.29) is 17.8 Å². The van der Waals surface area contributed by atoms with Crippen LogP contribution >= 0.6 is 0 Å². The number of esters is 1. The molecule has 0 N–H and O–H groups in total. The maximum atomic E-state index is 13.6. The van der Waals surface area contributed by atoms with Gasteiger partial charge in [0.05, 0.1) is 6.42 Å². The predicted molar refractivity (Wildman–Crippen MR) is 69.8 cm³/mol. The number of benzene rings is 1. The van der Waals surface area contributed by atoms with Gasteiger partial charge in [0.25, 0.3) is 5.60 Å². The summed E-state index contributed by atoms with van der Waals surface area (Å²) in [6.45, 7) is 0. The van der Waals surface area contributed by atoms with E-state index in [0.29, 0.717) is 0 Å². The van der Waals surface area contributed by atoms with E-state index in [0.717, 1.165) is 19.2 Å². The molecule has 22 heavy (non-hydrogen) atoms. The van der Waals surface area contributed by atoms with Crippen molar-refractivity contribution < 1.29 is 32.2 Å². The van der Waals surface area contributed by atoms with E-state index in [9.17, 15) is 22.8 Å². The minimum atomic E-state index is -5.02. The third-order valence-corrected chi connectivity index (χ3v) is 3.33. The average Bonchev–Trinajstić information content (AvgIpc) is 2.85. The van der Waals surface area contributed by atoms with Crippen LogP contribution in [-0.2, 0) is 24.7 Å². The van der Waals surface area contributed by atoms with Gasteiger partial charge in [-0.25, -0.2) is 4.79 Å². The maximum absolute atomic E-state index is 13.6. The lowest BCUT2D eigenvalue weighted by molar-refractivity contribution is -0.277. The van der Waals surface area contributed by atoms with Crippen LogP contribution in [0.15, 0.2) is 42.5 Å². The van der Waals surface area contributed by atoms with Crippen molar-refractivity contribution in [2.75, 3.05) is 7.11 Å². The first-order valence-corrected chi connectivity index (χ1v) is 6.41. The molecule has 0 unspecified atom stereocenters. The molecule has 1 aliphatic rings. The SMILES string of the molecule is CO[C@](C(=O)O[C@@H]1C=CC(=O)C1)(c1ccccc1)C(F)(F)F. The maximum Gasteiger partial charge on any atom is 0.432 e. The van der Waals surface area contributed by atoms with Gasteiger partial charge in [0.1, 0.15) is 6.10 Å². The predicted octanol–water partition coefficient (Wildman–Crippen LogP) is 2.53. The first-order chi connectivity index (χ1) is 10.3. The summed E-state index contributed by atoms with van der Waals surface area (Å²) >= 11 is 0. The van der Waals surface area contributed by atoms with Crippen LogP contribution in [-0.4, -0.2) is 31.1 Å². The summed E-state index contributed by atoms with van der Waals surface area (Å²) in [4.78, 5) is 23.3. The van der Waals surface area contributed by atoms with Crippen molar-refractivity contribution in [3.63, 3.8) is 0 Å². The van der Waals surface area contributed by atoms with Crippen molar-refractivity contribution in [1.29, 1.82) is 0 Å². The normalized spacial score (nSPS) is 20.7. The number of alkyl halides is 3. The highest BCUT2D eigenvalue weighted by Gasteiger charge is 2.64. The third-order valence-electron chi connectivity index (χ3n) is 3.33. The van der Waals surface area contributed by atoms with Gasteiger partial charge in [-0.1, -0.05) is 30.3 Å². The highest BCUT2D eigenvalue weighted by atomic mass is 19.4. The van der Waals surface area contributed by atoms with Crippen LogP contribution in [0.25, 0.3) is 0 Å². The number of methoxy groups -OCH3 is 1. The Morgan fingerprint density at radius 2 is 1.86 bits per heavy atom. The number of carbonyl (C=O) groups excluding carboxylic acids is 2. The number of carbonyl (C=O) groups is 2. The molecule has 0 aliphatic heterocycles. The Labute approximate surface area is 124 Å². The lowest BCUT2D eigenvalue weighted by Gasteiger charge is -2.33. The lowest BCUT2D eigenvalue weighted by atomic mass is 9.92. The lowest BCUT2D eigenvalue weighted by Crippen LogP contribution is -2.52. The molecule has 0 saturated carbocycles. The molecule has 0 saturated heterocycles. The molecule has 0 spiro atoms. The fraction of sp³-hybridized carbons (Fsp3) is 0.333. The Bertz CT molecular complexity index is 595. The van der Waals surface area contributed by atoms with Gasteiger partial charge in [0.2, 0.25) is 0 Å². The number of hydrogen-bond acceptors (Lipinski definition) is 4. The van der Waals surface area contributed by atoms with Crippen molar-refractivity contribution in [1.82, 2.24) is 0 Å². The molecule has 2 rings (SSSR count). The van der Waals surface area contributed by atoms with E-state index in [1.807, 2.05) is 0 Å². The number of ether oxygens (including phenoxy) is 2. The monoisotopic (exact) mass is 314 g/mol. The van der Waals surface area contributed by atoms with Gasteiger partial charge < -0.3 is 9.47 Å². The van der Waals surface area contributed by atoms with Crippen molar-refractivity contribution in [2.45, 2.75) is 24.3 Å². The van der Waals surface area contributed by atoms with Crippen LogP contribution in [0.2, 0.25) is 0 Å². The van der Waals surface area contributed by atoms with Crippen LogP contribution < -0.4 is 0 Å². The van der Waals surface area contributed by atoms with E-state index in [4.69, 9.17) is 4.74 Å². The van der Waals surface area contributed by atoms with E-state index in [2.05, 4.69) is 4.74 Å². The zero-order chi connectivity index (χ0) is 16.4. The van der Waals surface area contributed by atoms with Gasteiger partial charge in [-0.05, 0) is 12.2 Å². The smallest absolute Gasteiger partial charge is 0.432 e. The number of ketones is 1. The molecule has 4 nitrogen and oxygen atoms in total. The molecular weight excluding hydrogens is 301 g/mol. The molecule has 0 amide bonds. The van der Waals surface area contributed by atoms with Crippen LogP contribution in [0.1, 0.15) is 12.0 Å². The fourth-order valence-electron chi connectivity index (χ4n) is 2.24. The van der Waals surface area contributed by atoms with Gasteiger partial charge in [0.15, 0.2) is 5.78 Å². The van der Waals surface area contributed by atoms with Crippen LogP contribution in [0, 0.1) is 0 Å². The molecule has 1 aromatic rings. The molecule has 0 aromatic heterocycles. The number of hydrogen-bond donors (Lipinski definition) is 0. The summed E-state index contributed by atoms with van der Waals surface area (Å²) in [5.74, 6) is -1.91. The summed E-state index contributed by atoms with van der Waals surface area (Å²) in [6, 6.07) is 6.51. The highest BCUT2D eigenvalue weighted by molar-refractivity contribution is 5.93. The van der Waals surface area contributed by atoms with E-state index in [1.54, 1.807) is 0 Å². The first kappa shape index (κ1) is 16.2. The molecule has 0 heterocycles. The van der Waals surface area contributed by atoms with Crippen molar-refractivity contribution in [2.24, 2.45) is 0 Å². The van der Waals surface area contributed by atoms with E-state index >= 15 is 0 Å². The standard InChI is InChI=1S/C15H13F3O4/c1-21-14(15(16,17)18,10-5-3-2-4-6-10)13(20)22-12-8-7-11(19)9-12/h2-8,12H,9H2,1H3/t12-,14+/m1/s1. The molecule has 1 aromatic carbocycles. The summed E-state index contributed by atoms with van der Waals surface area (Å²) in [5.41, 5.74) is -3.61. The minimum Gasteiger partial charge on any atom is -0.455 e. The Morgan fingerprint density at radius 3 is 2.32 bits per heavy atom. The second-order valence-corrected chi connectivity index (χ2v) is 4.72. The molecular formula is C15H13F3O4. The first-order valence-electron chi connectivity index (χ1n) is 6.41.